The highest BCUT2D eigenvalue weighted by Crippen LogP contribution is 2.15. The molecule has 0 fully saturated rings. The van der Waals surface area contributed by atoms with Crippen LogP contribution in [0.25, 0.3) is 0 Å². The maximum Gasteiger partial charge on any atom is 0.411 e. The van der Waals surface area contributed by atoms with Crippen LogP contribution in [0.5, 0.6) is 0 Å². The van der Waals surface area contributed by atoms with Crippen molar-refractivity contribution in [2.24, 2.45) is 11.7 Å². The van der Waals surface area contributed by atoms with E-state index in [1.807, 2.05) is 13.8 Å². The highest BCUT2D eigenvalue weighted by Gasteiger charge is 2.27. The van der Waals surface area contributed by atoms with Crippen molar-refractivity contribution in [3.05, 3.63) is 0 Å². The van der Waals surface area contributed by atoms with Crippen LogP contribution in [0.3, 0.4) is 0 Å². The minimum atomic E-state index is -4.23. The summed E-state index contributed by atoms with van der Waals surface area (Å²) in [7, 11) is 0. The van der Waals surface area contributed by atoms with Gasteiger partial charge in [-0.2, -0.15) is 13.2 Å². The van der Waals surface area contributed by atoms with E-state index in [9.17, 15) is 13.2 Å². The largest absolute Gasteiger partial charge is 0.411 e. The van der Waals surface area contributed by atoms with E-state index in [1.165, 1.54) is 0 Å². The van der Waals surface area contributed by atoms with Gasteiger partial charge >= 0.3 is 6.18 Å². The lowest BCUT2D eigenvalue weighted by atomic mass is 9.98. The Kier molecular flexibility index (Phi) is 6.11. The van der Waals surface area contributed by atoms with Crippen molar-refractivity contribution in [1.29, 1.82) is 0 Å². The summed E-state index contributed by atoms with van der Waals surface area (Å²) in [6.45, 7) is 2.83. The zero-order valence-electron chi connectivity index (χ0n) is 8.60. The maximum absolute atomic E-state index is 11.7. The predicted molar refractivity (Wildman–Crippen MR) is 48.9 cm³/mol. The van der Waals surface area contributed by atoms with Gasteiger partial charge < -0.3 is 10.5 Å². The molecule has 5 heteroatoms. The van der Waals surface area contributed by atoms with Crippen molar-refractivity contribution < 1.29 is 17.9 Å². The summed E-state index contributed by atoms with van der Waals surface area (Å²) < 4.78 is 39.4. The Hall–Kier alpha value is -0.290. The van der Waals surface area contributed by atoms with Crippen LogP contribution in [0.1, 0.15) is 26.7 Å². The van der Waals surface area contributed by atoms with E-state index in [0.717, 1.165) is 6.42 Å². The van der Waals surface area contributed by atoms with E-state index >= 15 is 0 Å². The first kappa shape index (κ1) is 13.7. The molecule has 0 aromatic heterocycles. The van der Waals surface area contributed by atoms with Gasteiger partial charge in [0.05, 0.1) is 0 Å². The number of halogens is 3. The van der Waals surface area contributed by atoms with Gasteiger partial charge in [0.1, 0.15) is 6.61 Å². The zero-order chi connectivity index (χ0) is 11.2. The molecule has 0 aliphatic rings. The lowest BCUT2D eigenvalue weighted by molar-refractivity contribution is -0.174. The molecular weight excluding hydrogens is 195 g/mol. The average Bonchev–Trinajstić information content (AvgIpc) is 2.09. The molecule has 2 unspecified atom stereocenters. The zero-order valence-corrected chi connectivity index (χ0v) is 8.60. The molecule has 0 aliphatic carbocycles. The smallest absolute Gasteiger partial charge is 0.372 e. The van der Waals surface area contributed by atoms with Gasteiger partial charge in [0, 0.05) is 12.6 Å². The first-order chi connectivity index (χ1) is 6.37. The molecule has 14 heavy (non-hydrogen) atoms. The number of alkyl halides is 3. The van der Waals surface area contributed by atoms with Crippen molar-refractivity contribution in [2.45, 2.75) is 38.9 Å². The molecule has 2 N–H and O–H groups in total. The predicted octanol–water partition coefficient (Wildman–Crippen LogP) is 2.33. The molecule has 0 saturated heterocycles. The normalized spacial score (nSPS) is 16.7. The second-order valence-electron chi connectivity index (χ2n) is 3.51. The van der Waals surface area contributed by atoms with Gasteiger partial charge in [-0.1, -0.05) is 13.8 Å². The molecule has 0 rings (SSSR count). The Labute approximate surface area is 82.6 Å². The fraction of sp³-hybridized carbons (Fsp3) is 1.00. The van der Waals surface area contributed by atoms with Gasteiger partial charge in [-0.3, -0.25) is 0 Å². The lowest BCUT2D eigenvalue weighted by Gasteiger charge is -2.18. The first-order valence-electron chi connectivity index (χ1n) is 4.77. The van der Waals surface area contributed by atoms with E-state index in [0.29, 0.717) is 6.42 Å². The summed E-state index contributed by atoms with van der Waals surface area (Å²) in [6, 6.07) is 0.0458. The Morgan fingerprint density at radius 2 is 1.93 bits per heavy atom. The van der Waals surface area contributed by atoms with E-state index in [-0.39, 0.29) is 18.6 Å². The third-order valence-corrected chi connectivity index (χ3v) is 2.19. The Balaban J connectivity index is 3.45. The van der Waals surface area contributed by atoms with Crippen LogP contribution >= 0.6 is 0 Å². The van der Waals surface area contributed by atoms with Crippen LogP contribution in [0, 0.1) is 5.92 Å². The fourth-order valence-electron chi connectivity index (χ4n) is 1.07. The molecule has 0 radical (unpaired) electrons. The standard InChI is InChI=1S/C9H18F3NO/c1-3-8(13)7(2)4-5-14-6-9(10,11)12/h7-8H,3-6,13H2,1-2H3. The van der Waals surface area contributed by atoms with E-state index in [2.05, 4.69) is 4.74 Å². The number of nitrogens with two attached hydrogens (primary N) is 1. The van der Waals surface area contributed by atoms with E-state index in [1.54, 1.807) is 0 Å². The molecule has 2 nitrogen and oxygen atoms in total. The first-order valence-corrected chi connectivity index (χ1v) is 4.77. The summed E-state index contributed by atoms with van der Waals surface area (Å²) in [6.07, 6.45) is -2.82. The van der Waals surface area contributed by atoms with Gasteiger partial charge in [-0.15, -0.1) is 0 Å². The van der Waals surface area contributed by atoms with Crippen LogP contribution < -0.4 is 5.73 Å². The average molecular weight is 213 g/mol. The second kappa shape index (κ2) is 6.24. The van der Waals surface area contributed by atoms with Crippen molar-refractivity contribution in [1.82, 2.24) is 0 Å². The SMILES string of the molecule is CCC(N)C(C)CCOCC(F)(F)F. The Bertz CT molecular complexity index is 149. The third kappa shape index (κ3) is 7.15. The third-order valence-electron chi connectivity index (χ3n) is 2.19. The molecule has 2 atom stereocenters. The summed E-state index contributed by atoms with van der Waals surface area (Å²) in [5.74, 6) is 0.202. The topological polar surface area (TPSA) is 35.2 Å². The summed E-state index contributed by atoms with van der Waals surface area (Å²) >= 11 is 0. The van der Waals surface area contributed by atoms with Gasteiger partial charge in [0.25, 0.3) is 0 Å². The van der Waals surface area contributed by atoms with Crippen LogP contribution in [-0.2, 0) is 4.74 Å². The monoisotopic (exact) mass is 213 g/mol. The molecular formula is C9H18F3NO. The van der Waals surface area contributed by atoms with Gasteiger partial charge in [0.2, 0.25) is 0 Å². The molecule has 0 heterocycles. The number of rotatable bonds is 6. The lowest BCUT2D eigenvalue weighted by Crippen LogP contribution is -2.28. The van der Waals surface area contributed by atoms with E-state index < -0.39 is 12.8 Å². The Morgan fingerprint density at radius 1 is 1.36 bits per heavy atom. The van der Waals surface area contributed by atoms with Crippen molar-refractivity contribution >= 4 is 0 Å². The minimum absolute atomic E-state index is 0.0458. The van der Waals surface area contributed by atoms with Gasteiger partial charge in [-0.25, -0.2) is 0 Å². The van der Waals surface area contributed by atoms with Crippen LogP contribution in [0.15, 0.2) is 0 Å². The van der Waals surface area contributed by atoms with Crippen molar-refractivity contribution in [3.63, 3.8) is 0 Å². The van der Waals surface area contributed by atoms with E-state index in [4.69, 9.17) is 5.73 Å². The quantitative estimate of drug-likeness (QED) is 0.687. The minimum Gasteiger partial charge on any atom is -0.372 e. The number of hydrogen-bond donors (Lipinski definition) is 1. The molecule has 0 aromatic rings. The highest BCUT2D eigenvalue weighted by atomic mass is 19.4. The molecule has 0 spiro atoms. The molecule has 0 bridgehead atoms. The van der Waals surface area contributed by atoms with Crippen molar-refractivity contribution in [2.75, 3.05) is 13.2 Å². The van der Waals surface area contributed by atoms with Crippen LogP contribution in [-0.4, -0.2) is 25.4 Å². The molecule has 0 amide bonds. The summed E-state index contributed by atoms with van der Waals surface area (Å²) in [5.41, 5.74) is 5.71. The molecule has 0 aliphatic heterocycles. The summed E-state index contributed by atoms with van der Waals surface area (Å²) in [5, 5.41) is 0. The van der Waals surface area contributed by atoms with Gasteiger partial charge in [-0.05, 0) is 18.8 Å². The highest BCUT2D eigenvalue weighted by molar-refractivity contribution is 4.66. The molecule has 0 aromatic carbocycles. The summed E-state index contributed by atoms with van der Waals surface area (Å²) in [4.78, 5) is 0. The fourth-order valence-corrected chi connectivity index (χ4v) is 1.07. The van der Waals surface area contributed by atoms with Gasteiger partial charge in [0.15, 0.2) is 0 Å². The second-order valence-corrected chi connectivity index (χ2v) is 3.51. The molecule has 0 saturated carbocycles. The Morgan fingerprint density at radius 3 is 2.36 bits per heavy atom. The van der Waals surface area contributed by atoms with Crippen LogP contribution in [0.4, 0.5) is 13.2 Å². The van der Waals surface area contributed by atoms with Crippen molar-refractivity contribution in [3.8, 4) is 0 Å². The number of ether oxygens (including phenoxy) is 1. The van der Waals surface area contributed by atoms with Crippen LogP contribution in [0.2, 0.25) is 0 Å². The number of hydrogen-bond acceptors (Lipinski definition) is 2. The maximum atomic E-state index is 11.7. The molecule has 86 valence electrons.